The van der Waals surface area contributed by atoms with Crippen LogP contribution in [-0.4, -0.2) is 19.0 Å². The summed E-state index contributed by atoms with van der Waals surface area (Å²) in [6.07, 6.45) is 8.43. The number of fused-ring (bicyclic) bond motifs is 5. The van der Waals surface area contributed by atoms with Crippen LogP contribution in [-0.2, 0) is 9.47 Å². The first-order chi connectivity index (χ1) is 7.42. The van der Waals surface area contributed by atoms with Gasteiger partial charge in [-0.05, 0) is 37.5 Å². The molecule has 0 aromatic carbocycles. The van der Waals surface area contributed by atoms with Gasteiger partial charge in [-0.3, -0.25) is 0 Å². The number of rotatable bonds is 0. The van der Waals surface area contributed by atoms with Gasteiger partial charge in [0.1, 0.15) is 0 Å². The molecular formula is C13H20O2. The Morgan fingerprint density at radius 1 is 0.733 bits per heavy atom. The minimum absolute atomic E-state index is 0.109. The van der Waals surface area contributed by atoms with Crippen molar-refractivity contribution in [1.82, 2.24) is 0 Å². The normalized spacial score (nSPS) is 51.2. The van der Waals surface area contributed by atoms with Gasteiger partial charge in [-0.1, -0.05) is 12.8 Å². The van der Waals surface area contributed by atoms with Crippen molar-refractivity contribution in [2.75, 3.05) is 13.2 Å². The van der Waals surface area contributed by atoms with E-state index < -0.39 is 0 Å². The summed E-state index contributed by atoms with van der Waals surface area (Å²) in [6, 6.07) is 0. The molecule has 0 aromatic heterocycles. The molecule has 1 saturated heterocycles. The quantitative estimate of drug-likeness (QED) is 0.609. The average molecular weight is 208 g/mol. The standard InChI is InChI=1S/C13H20O2/c1-3-9-10-4-2-6-12(10)13(11(9)5-1)14-7-8-15-13/h9-12H,1-8H2/t9-,10-,11-,12-/m1/s1. The molecule has 0 amide bonds. The molecule has 2 nitrogen and oxygen atoms in total. The van der Waals surface area contributed by atoms with Crippen LogP contribution in [0.25, 0.3) is 0 Å². The van der Waals surface area contributed by atoms with E-state index in [-0.39, 0.29) is 5.79 Å². The van der Waals surface area contributed by atoms with Gasteiger partial charge in [-0.15, -0.1) is 0 Å². The fourth-order valence-corrected chi connectivity index (χ4v) is 5.15. The fourth-order valence-electron chi connectivity index (χ4n) is 5.15. The Labute approximate surface area is 91.3 Å². The summed E-state index contributed by atoms with van der Waals surface area (Å²) in [7, 11) is 0. The number of hydrogen-bond acceptors (Lipinski definition) is 2. The van der Waals surface area contributed by atoms with Crippen molar-refractivity contribution in [2.24, 2.45) is 23.7 Å². The van der Waals surface area contributed by atoms with Gasteiger partial charge in [-0.2, -0.15) is 0 Å². The highest BCUT2D eigenvalue weighted by atomic mass is 16.7. The molecule has 4 fully saturated rings. The van der Waals surface area contributed by atoms with Crippen LogP contribution in [0.5, 0.6) is 0 Å². The summed E-state index contributed by atoms with van der Waals surface area (Å²) in [5, 5.41) is 0. The number of hydrogen-bond donors (Lipinski definition) is 0. The Hall–Kier alpha value is -0.0800. The summed E-state index contributed by atoms with van der Waals surface area (Å²) in [6.45, 7) is 1.68. The van der Waals surface area contributed by atoms with Gasteiger partial charge in [0.25, 0.3) is 0 Å². The van der Waals surface area contributed by atoms with E-state index in [4.69, 9.17) is 9.47 Å². The highest BCUT2D eigenvalue weighted by Crippen LogP contribution is 2.63. The predicted octanol–water partition coefficient (Wildman–Crippen LogP) is 2.58. The lowest BCUT2D eigenvalue weighted by Crippen LogP contribution is -2.41. The van der Waals surface area contributed by atoms with E-state index in [0.717, 1.165) is 36.9 Å². The van der Waals surface area contributed by atoms with Gasteiger partial charge < -0.3 is 9.47 Å². The molecule has 4 atom stereocenters. The molecule has 4 rings (SSSR count). The van der Waals surface area contributed by atoms with Crippen molar-refractivity contribution in [3.05, 3.63) is 0 Å². The van der Waals surface area contributed by atoms with E-state index in [2.05, 4.69) is 0 Å². The average Bonchev–Trinajstić information content (AvgIpc) is 3.00. The first kappa shape index (κ1) is 9.00. The lowest BCUT2D eigenvalue weighted by molar-refractivity contribution is -0.212. The Kier molecular flexibility index (Phi) is 1.79. The summed E-state index contributed by atoms with van der Waals surface area (Å²) in [5.74, 6) is 3.26. The van der Waals surface area contributed by atoms with Crippen LogP contribution in [0.2, 0.25) is 0 Å². The highest BCUT2D eigenvalue weighted by molar-refractivity contribution is 5.08. The molecule has 3 saturated carbocycles. The maximum atomic E-state index is 6.11. The van der Waals surface area contributed by atoms with Crippen molar-refractivity contribution >= 4 is 0 Å². The van der Waals surface area contributed by atoms with Crippen LogP contribution in [0.15, 0.2) is 0 Å². The predicted molar refractivity (Wildman–Crippen MR) is 56.3 cm³/mol. The van der Waals surface area contributed by atoms with Crippen molar-refractivity contribution in [3.8, 4) is 0 Å². The van der Waals surface area contributed by atoms with Gasteiger partial charge in [0.2, 0.25) is 0 Å². The third-order valence-electron chi connectivity index (χ3n) is 5.46. The van der Waals surface area contributed by atoms with E-state index in [1.54, 1.807) is 0 Å². The molecule has 3 aliphatic carbocycles. The summed E-state index contributed by atoms with van der Waals surface area (Å²) in [5.41, 5.74) is 0. The molecule has 15 heavy (non-hydrogen) atoms. The van der Waals surface area contributed by atoms with E-state index in [0.29, 0.717) is 0 Å². The maximum Gasteiger partial charge on any atom is 0.174 e. The second kappa shape index (κ2) is 2.98. The van der Waals surface area contributed by atoms with Crippen LogP contribution in [0.1, 0.15) is 38.5 Å². The molecule has 0 unspecified atom stereocenters. The third kappa shape index (κ3) is 0.980. The smallest absolute Gasteiger partial charge is 0.174 e. The molecule has 0 N–H and O–H groups in total. The lowest BCUT2D eigenvalue weighted by Gasteiger charge is -2.33. The topological polar surface area (TPSA) is 18.5 Å². The second-order valence-electron chi connectivity index (χ2n) is 5.82. The maximum absolute atomic E-state index is 6.11. The third-order valence-corrected chi connectivity index (χ3v) is 5.46. The monoisotopic (exact) mass is 208 g/mol. The largest absolute Gasteiger partial charge is 0.347 e. The summed E-state index contributed by atoms with van der Waals surface area (Å²) < 4.78 is 12.2. The zero-order valence-electron chi connectivity index (χ0n) is 9.28. The first-order valence-corrected chi connectivity index (χ1v) is 6.70. The van der Waals surface area contributed by atoms with Crippen molar-refractivity contribution < 1.29 is 9.47 Å². The Morgan fingerprint density at radius 2 is 1.27 bits per heavy atom. The molecular weight excluding hydrogens is 188 g/mol. The van der Waals surface area contributed by atoms with E-state index in [1.165, 1.54) is 38.5 Å². The molecule has 4 aliphatic rings. The van der Waals surface area contributed by atoms with E-state index >= 15 is 0 Å². The highest BCUT2D eigenvalue weighted by Gasteiger charge is 2.65. The first-order valence-electron chi connectivity index (χ1n) is 6.70. The second-order valence-corrected chi connectivity index (χ2v) is 5.82. The van der Waals surface area contributed by atoms with Crippen LogP contribution in [0.4, 0.5) is 0 Å². The minimum Gasteiger partial charge on any atom is -0.347 e. The Bertz CT molecular complexity index is 248. The molecule has 84 valence electrons. The fraction of sp³-hybridized carbons (Fsp3) is 1.00. The van der Waals surface area contributed by atoms with E-state index in [1.807, 2.05) is 0 Å². The lowest BCUT2D eigenvalue weighted by atomic mass is 9.90. The zero-order valence-corrected chi connectivity index (χ0v) is 9.28. The van der Waals surface area contributed by atoms with Gasteiger partial charge in [0.15, 0.2) is 5.79 Å². The van der Waals surface area contributed by atoms with Crippen LogP contribution in [0.3, 0.4) is 0 Å². The zero-order chi connectivity index (χ0) is 9.88. The summed E-state index contributed by atoms with van der Waals surface area (Å²) in [4.78, 5) is 0. The SMILES string of the molecule is C1C[C@@H]2[C@H]3CCC[C@H]3C3(OCCO3)[C@@H]2C1. The van der Waals surface area contributed by atoms with E-state index in [9.17, 15) is 0 Å². The van der Waals surface area contributed by atoms with Gasteiger partial charge in [-0.25, -0.2) is 0 Å². The molecule has 1 spiro atoms. The molecule has 0 radical (unpaired) electrons. The summed E-state index contributed by atoms with van der Waals surface area (Å²) >= 11 is 0. The molecule has 0 aromatic rings. The molecule has 1 aliphatic heterocycles. The van der Waals surface area contributed by atoms with Crippen molar-refractivity contribution in [3.63, 3.8) is 0 Å². The van der Waals surface area contributed by atoms with Gasteiger partial charge in [0.05, 0.1) is 13.2 Å². The van der Waals surface area contributed by atoms with Crippen LogP contribution < -0.4 is 0 Å². The van der Waals surface area contributed by atoms with Crippen molar-refractivity contribution in [2.45, 2.75) is 44.3 Å². The molecule has 2 heteroatoms. The van der Waals surface area contributed by atoms with Crippen LogP contribution in [0, 0.1) is 23.7 Å². The Morgan fingerprint density at radius 3 is 1.80 bits per heavy atom. The molecule has 1 heterocycles. The number of ether oxygens (including phenoxy) is 2. The van der Waals surface area contributed by atoms with Gasteiger partial charge in [0, 0.05) is 11.8 Å². The molecule has 0 bridgehead atoms. The minimum atomic E-state index is -0.109. The van der Waals surface area contributed by atoms with Crippen molar-refractivity contribution in [1.29, 1.82) is 0 Å². The van der Waals surface area contributed by atoms with Crippen LogP contribution >= 0.6 is 0 Å². The Balaban J connectivity index is 1.76. The van der Waals surface area contributed by atoms with Gasteiger partial charge >= 0.3 is 0 Å².